The minimum atomic E-state index is -0.0642. The Morgan fingerprint density at radius 1 is 1.14 bits per heavy atom. The molecular formula is C13H20O. The molecule has 78 valence electrons. The molecule has 1 rings (SSSR count). The van der Waals surface area contributed by atoms with Gasteiger partial charge in [0.15, 0.2) is 0 Å². The van der Waals surface area contributed by atoms with Gasteiger partial charge in [0.25, 0.3) is 0 Å². The van der Waals surface area contributed by atoms with E-state index in [1.54, 1.807) is 0 Å². The molecule has 1 nitrogen and oxygen atoms in total. The molecule has 0 amide bonds. The highest BCUT2D eigenvalue weighted by molar-refractivity contribution is 5.33. The molecule has 0 fully saturated rings. The lowest BCUT2D eigenvalue weighted by Crippen LogP contribution is -2.27. The smallest absolute Gasteiger partial charge is 0.123 e. The summed E-state index contributed by atoms with van der Waals surface area (Å²) in [5.41, 5.74) is 1.22. The number of para-hydroxylation sites is 1. The molecule has 0 atom stereocenters. The maximum atomic E-state index is 5.97. The molecule has 0 bridgehead atoms. The van der Waals surface area contributed by atoms with Gasteiger partial charge in [-0.25, -0.2) is 0 Å². The van der Waals surface area contributed by atoms with Gasteiger partial charge in [0.2, 0.25) is 0 Å². The standard InChI is InChI=1S/C13H20O/c1-5-11-9-7-8-10-12(11)14-13(3,4)6-2/h7-10H,5-6H2,1-4H3. The third kappa shape index (κ3) is 2.76. The van der Waals surface area contributed by atoms with Crippen LogP contribution in [-0.4, -0.2) is 5.60 Å². The summed E-state index contributed by atoms with van der Waals surface area (Å²) in [6.45, 7) is 8.55. The zero-order valence-corrected chi connectivity index (χ0v) is 9.63. The first-order chi connectivity index (χ1) is 6.59. The van der Waals surface area contributed by atoms with E-state index in [1.165, 1.54) is 5.56 Å². The van der Waals surface area contributed by atoms with Crippen molar-refractivity contribution in [2.45, 2.75) is 46.1 Å². The summed E-state index contributed by atoms with van der Waals surface area (Å²) < 4.78 is 5.97. The summed E-state index contributed by atoms with van der Waals surface area (Å²) in [4.78, 5) is 0. The van der Waals surface area contributed by atoms with E-state index >= 15 is 0 Å². The molecule has 1 aromatic rings. The monoisotopic (exact) mass is 192 g/mol. The van der Waals surface area contributed by atoms with Gasteiger partial charge in [-0.05, 0) is 38.3 Å². The predicted molar refractivity (Wildman–Crippen MR) is 60.8 cm³/mol. The number of hydrogen-bond acceptors (Lipinski definition) is 1. The molecule has 0 N–H and O–H groups in total. The number of hydrogen-bond donors (Lipinski definition) is 0. The van der Waals surface area contributed by atoms with Gasteiger partial charge in [0.1, 0.15) is 11.4 Å². The number of rotatable bonds is 4. The largest absolute Gasteiger partial charge is 0.488 e. The van der Waals surface area contributed by atoms with E-state index in [4.69, 9.17) is 4.74 Å². The van der Waals surface area contributed by atoms with E-state index in [0.29, 0.717) is 0 Å². The van der Waals surface area contributed by atoms with Crippen LogP contribution in [0.15, 0.2) is 24.3 Å². The van der Waals surface area contributed by atoms with Crippen LogP contribution in [0.4, 0.5) is 0 Å². The van der Waals surface area contributed by atoms with Gasteiger partial charge in [-0.3, -0.25) is 0 Å². The number of ether oxygens (including phenoxy) is 1. The molecule has 0 heterocycles. The Labute approximate surface area is 87.1 Å². The third-order valence-corrected chi connectivity index (χ3v) is 2.59. The second-order valence-electron chi connectivity index (χ2n) is 4.18. The van der Waals surface area contributed by atoms with Crippen LogP contribution >= 0.6 is 0 Å². The fraction of sp³-hybridized carbons (Fsp3) is 0.538. The van der Waals surface area contributed by atoms with E-state index in [0.717, 1.165) is 18.6 Å². The molecular weight excluding hydrogens is 172 g/mol. The predicted octanol–water partition coefficient (Wildman–Crippen LogP) is 3.82. The molecule has 0 spiro atoms. The molecule has 0 unspecified atom stereocenters. The van der Waals surface area contributed by atoms with Gasteiger partial charge < -0.3 is 4.74 Å². The van der Waals surface area contributed by atoms with E-state index in [1.807, 2.05) is 6.07 Å². The van der Waals surface area contributed by atoms with Crippen LogP contribution in [0.5, 0.6) is 5.75 Å². The molecule has 0 radical (unpaired) electrons. The minimum Gasteiger partial charge on any atom is -0.488 e. The highest BCUT2D eigenvalue weighted by atomic mass is 16.5. The van der Waals surface area contributed by atoms with E-state index in [2.05, 4.69) is 45.9 Å². The molecule has 0 aromatic heterocycles. The first-order valence-corrected chi connectivity index (χ1v) is 5.36. The van der Waals surface area contributed by atoms with Gasteiger partial charge in [-0.2, -0.15) is 0 Å². The lowest BCUT2D eigenvalue weighted by molar-refractivity contribution is 0.104. The van der Waals surface area contributed by atoms with Crippen molar-refractivity contribution >= 4 is 0 Å². The topological polar surface area (TPSA) is 9.23 Å². The average molecular weight is 192 g/mol. The number of aryl methyl sites for hydroxylation is 1. The Morgan fingerprint density at radius 3 is 2.36 bits per heavy atom. The minimum absolute atomic E-state index is 0.0642. The first-order valence-electron chi connectivity index (χ1n) is 5.36. The van der Waals surface area contributed by atoms with Gasteiger partial charge in [-0.1, -0.05) is 32.0 Å². The third-order valence-electron chi connectivity index (χ3n) is 2.59. The molecule has 0 aliphatic heterocycles. The van der Waals surface area contributed by atoms with Gasteiger partial charge in [0.05, 0.1) is 0 Å². The summed E-state index contributed by atoms with van der Waals surface area (Å²) in [5.74, 6) is 1.03. The summed E-state index contributed by atoms with van der Waals surface area (Å²) >= 11 is 0. The Hall–Kier alpha value is -0.980. The van der Waals surface area contributed by atoms with Gasteiger partial charge in [0, 0.05) is 0 Å². The van der Waals surface area contributed by atoms with Crippen LogP contribution in [0.1, 0.15) is 39.7 Å². The van der Waals surface area contributed by atoms with Crippen LogP contribution in [0.3, 0.4) is 0 Å². The Bertz CT molecular complexity index is 289. The second kappa shape index (κ2) is 4.50. The molecule has 1 aromatic carbocycles. The number of benzene rings is 1. The van der Waals surface area contributed by atoms with Crippen LogP contribution in [0.2, 0.25) is 0 Å². The van der Waals surface area contributed by atoms with Crippen LogP contribution in [0, 0.1) is 0 Å². The highest BCUT2D eigenvalue weighted by Gasteiger charge is 2.17. The SMILES string of the molecule is CCc1ccccc1OC(C)(C)CC. The molecule has 14 heavy (non-hydrogen) atoms. The molecule has 0 saturated heterocycles. The summed E-state index contributed by atoms with van der Waals surface area (Å²) in [6, 6.07) is 8.27. The maximum absolute atomic E-state index is 5.97. The van der Waals surface area contributed by atoms with E-state index in [9.17, 15) is 0 Å². The van der Waals surface area contributed by atoms with Crippen molar-refractivity contribution in [1.82, 2.24) is 0 Å². The van der Waals surface area contributed by atoms with Gasteiger partial charge >= 0.3 is 0 Å². The average Bonchev–Trinajstić information content (AvgIpc) is 2.18. The van der Waals surface area contributed by atoms with Crippen molar-refractivity contribution in [2.75, 3.05) is 0 Å². The van der Waals surface area contributed by atoms with Crippen molar-refractivity contribution in [1.29, 1.82) is 0 Å². The second-order valence-corrected chi connectivity index (χ2v) is 4.18. The van der Waals surface area contributed by atoms with Crippen LogP contribution in [-0.2, 0) is 6.42 Å². The maximum Gasteiger partial charge on any atom is 0.123 e. The van der Waals surface area contributed by atoms with Crippen LogP contribution < -0.4 is 4.74 Å². The fourth-order valence-electron chi connectivity index (χ4n) is 1.27. The zero-order chi connectivity index (χ0) is 10.6. The zero-order valence-electron chi connectivity index (χ0n) is 9.63. The van der Waals surface area contributed by atoms with Crippen molar-refractivity contribution < 1.29 is 4.74 Å². The highest BCUT2D eigenvalue weighted by Crippen LogP contribution is 2.24. The van der Waals surface area contributed by atoms with Crippen molar-refractivity contribution in [3.8, 4) is 5.75 Å². The fourth-order valence-corrected chi connectivity index (χ4v) is 1.27. The normalized spacial score (nSPS) is 11.4. The summed E-state index contributed by atoms with van der Waals surface area (Å²) in [7, 11) is 0. The van der Waals surface area contributed by atoms with Crippen molar-refractivity contribution in [2.24, 2.45) is 0 Å². The summed E-state index contributed by atoms with van der Waals surface area (Å²) in [6.07, 6.45) is 2.04. The van der Waals surface area contributed by atoms with E-state index in [-0.39, 0.29) is 5.60 Å². The summed E-state index contributed by atoms with van der Waals surface area (Å²) in [5, 5.41) is 0. The lowest BCUT2D eigenvalue weighted by Gasteiger charge is -2.26. The quantitative estimate of drug-likeness (QED) is 0.704. The molecule has 0 aliphatic rings. The molecule has 0 saturated carbocycles. The lowest BCUT2D eigenvalue weighted by atomic mass is 10.1. The molecule has 0 aliphatic carbocycles. The van der Waals surface area contributed by atoms with Crippen LogP contribution in [0.25, 0.3) is 0 Å². The Morgan fingerprint density at radius 2 is 1.79 bits per heavy atom. The molecule has 1 heteroatoms. The van der Waals surface area contributed by atoms with Gasteiger partial charge in [-0.15, -0.1) is 0 Å². The van der Waals surface area contributed by atoms with Crippen molar-refractivity contribution in [3.63, 3.8) is 0 Å². The van der Waals surface area contributed by atoms with E-state index < -0.39 is 0 Å². The first kappa shape index (κ1) is 11.1. The Balaban J connectivity index is 2.85. The van der Waals surface area contributed by atoms with Crippen molar-refractivity contribution in [3.05, 3.63) is 29.8 Å². The Kier molecular flexibility index (Phi) is 3.56.